The van der Waals surface area contributed by atoms with Crippen molar-refractivity contribution in [2.75, 3.05) is 5.75 Å². The van der Waals surface area contributed by atoms with Crippen molar-refractivity contribution >= 4 is 29.1 Å². The van der Waals surface area contributed by atoms with Crippen LogP contribution in [0.25, 0.3) is 0 Å². The predicted octanol–water partition coefficient (Wildman–Crippen LogP) is 2.17. The van der Waals surface area contributed by atoms with E-state index in [1.54, 1.807) is 18.3 Å². The Morgan fingerprint density at radius 3 is 3.00 bits per heavy atom. The zero-order valence-corrected chi connectivity index (χ0v) is 11.8. The number of aromatic amines is 1. The predicted molar refractivity (Wildman–Crippen MR) is 75.3 cm³/mol. The standard InChI is InChI=1S/C12H12N2O3S2/c1-7-9(11(15)16)10(14-12(17)13-7)19-5-3-8-2-4-18-6-8/h2,4,6H,3,5H2,1H3,(H,15,16)(H,13,14,17). The highest BCUT2D eigenvalue weighted by molar-refractivity contribution is 7.99. The van der Waals surface area contributed by atoms with Gasteiger partial charge in [0.15, 0.2) is 0 Å². The molecule has 2 aromatic rings. The highest BCUT2D eigenvalue weighted by Gasteiger charge is 2.16. The molecule has 0 aliphatic carbocycles. The molecule has 0 spiro atoms. The van der Waals surface area contributed by atoms with Crippen LogP contribution in [0.5, 0.6) is 0 Å². The molecule has 19 heavy (non-hydrogen) atoms. The average molecular weight is 296 g/mol. The van der Waals surface area contributed by atoms with E-state index in [-0.39, 0.29) is 10.6 Å². The topological polar surface area (TPSA) is 83.0 Å². The molecule has 2 N–H and O–H groups in total. The number of carboxylic acid groups (broad SMARTS) is 1. The summed E-state index contributed by atoms with van der Waals surface area (Å²) in [5.41, 5.74) is 1.11. The van der Waals surface area contributed by atoms with Crippen LogP contribution in [0.1, 0.15) is 21.6 Å². The number of thioether (sulfide) groups is 1. The van der Waals surface area contributed by atoms with Crippen LogP contribution in [0.15, 0.2) is 26.6 Å². The first-order valence-electron chi connectivity index (χ1n) is 5.56. The van der Waals surface area contributed by atoms with E-state index in [1.807, 2.05) is 11.4 Å². The molecule has 0 fully saturated rings. The first-order chi connectivity index (χ1) is 9.08. The zero-order valence-electron chi connectivity index (χ0n) is 10.2. The number of carboxylic acids is 1. The van der Waals surface area contributed by atoms with E-state index in [0.29, 0.717) is 11.4 Å². The summed E-state index contributed by atoms with van der Waals surface area (Å²) in [7, 11) is 0. The number of hydrogen-bond donors (Lipinski definition) is 2. The summed E-state index contributed by atoms with van der Waals surface area (Å²) >= 11 is 2.92. The number of carbonyl (C=O) groups is 1. The minimum Gasteiger partial charge on any atom is -0.478 e. The molecule has 0 bridgehead atoms. The number of aryl methyl sites for hydroxylation is 2. The highest BCUT2D eigenvalue weighted by Crippen LogP contribution is 2.22. The maximum absolute atomic E-state index is 11.3. The number of aromatic nitrogens is 2. The van der Waals surface area contributed by atoms with Crippen molar-refractivity contribution in [2.24, 2.45) is 0 Å². The Kier molecular flexibility index (Phi) is 4.39. The molecule has 0 radical (unpaired) electrons. The zero-order chi connectivity index (χ0) is 13.8. The second kappa shape index (κ2) is 6.03. The molecule has 2 rings (SSSR count). The first kappa shape index (κ1) is 13.8. The SMILES string of the molecule is Cc1[nH]c(=O)nc(SCCc2ccsc2)c1C(=O)O. The largest absolute Gasteiger partial charge is 0.478 e. The van der Waals surface area contributed by atoms with Gasteiger partial charge in [-0.2, -0.15) is 16.3 Å². The van der Waals surface area contributed by atoms with Gasteiger partial charge in [-0.25, -0.2) is 9.59 Å². The quantitative estimate of drug-likeness (QED) is 0.652. The Morgan fingerprint density at radius 1 is 1.58 bits per heavy atom. The van der Waals surface area contributed by atoms with Crippen molar-refractivity contribution in [2.45, 2.75) is 18.4 Å². The number of nitrogens with one attached hydrogen (secondary N) is 1. The summed E-state index contributed by atoms with van der Waals surface area (Å²) in [6.45, 7) is 1.56. The number of aromatic carboxylic acids is 1. The van der Waals surface area contributed by atoms with Crippen molar-refractivity contribution in [3.8, 4) is 0 Å². The molecule has 0 aliphatic heterocycles. The van der Waals surface area contributed by atoms with E-state index in [2.05, 4.69) is 15.3 Å². The molecule has 0 saturated carbocycles. The molecule has 5 nitrogen and oxygen atoms in total. The molecule has 7 heteroatoms. The van der Waals surface area contributed by atoms with Crippen molar-refractivity contribution in [1.82, 2.24) is 9.97 Å². The number of rotatable bonds is 5. The van der Waals surface area contributed by atoms with Crippen LogP contribution in [0.3, 0.4) is 0 Å². The van der Waals surface area contributed by atoms with Gasteiger partial charge in [0, 0.05) is 11.4 Å². The van der Waals surface area contributed by atoms with Crippen molar-refractivity contribution in [3.63, 3.8) is 0 Å². The van der Waals surface area contributed by atoms with Crippen molar-refractivity contribution < 1.29 is 9.90 Å². The van der Waals surface area contributed by atoms with E-state index < -0.39 is 11.7 Å². The third-order valence-corrected chi connectivity index (χ3v) is 4.22. The van der Waals surface area contributed by atoms with Crippen LogP contribution in [-0.4, -0.2) is 26.8 Å². The molecule has 0 saturated heterocycles. The molecule has 0 amide bonds. The summed E-state index contributed by atoms with van der Waals surface area (Å²) in [4.78, 5) is 28.6. The lowest BCUT2D eigenvalue weighted by Crippen LogP contribution is -2.18. The van der Waals surface area contributed by atoms with E-state index in [0.717, 1.165) is 6.42 Å². The number of thiophene rings is 1. The Hall–Kier alpha value is -1.60. The number of nitrogens with zero attached hydrogens (tertiary/aromatic N) is 1. The maximum atomic E-state index is 11.3. The Morgan fingerprint density at radius 2 is 2.37 bits per heavy atom. The second-order valence-electron chi connectivity index (χ2n) is 3.88. The molecule has 0 aliphatic rings. The van der Waals surface area contributed by atoms with Crippen molar-refractivity contribution in [3.05, 3.63) is 44.1 Å². The van der Waals surface area contributed by atoms with Crippen LogP contribution in [0, 0.1) is 6.92 Å². The van der Waals surface area contributed by atoms with Gasteiger partial charge in [-0.1, -0.05) is 0 Å². The van der Waals surface area contributed by atoms with Gasteiger partial charge < -0.3 is 10.1 Å². The van der Waals surface area contributed by atoms with Gasteiger partial charge >= 0.3 is 11.7 Å². The normalized spacial score (nSPS) is 10.6. The Balaban J connectivity index is 2.15. The molecule has 2 aromatic heterocycles. The first-order valence-corrected chi connectivity index (χ1v) is 7.49. The van der Waals surface area contributed by atoms with E-state index >= 15 is 0 Å². The van der Waals surface area contributed by atoms with Crippen LogP contribution in [0.4, 0.5) is 0 Å². The Labute approximate surface area is 117 Å². The molecule has 100 valence electrons. The minimum atomic E-state index is -1.07. The van der Waals surface area contributed by atoms with E-state index in [4.69, 9.17) is 5.11 Å². The molecule has 0 unspecified atom stereocenters. The lowest BCUT2D eigenvalue weighted by atomic mass is 10.2. The number of hydrogen-bond acceptors (Lipinski definition) is 5. The van der Waals surface area contributed by atoms with Crippen LogP contribution < -0.4 is 5.69 Å². The van der Waals surface area contributed by atoms with E-state index in [9.17, 15) is 9.59 Å². The van der Waals surface area contributed by atoms with Crippen molar-refractivity contribution in [1.29, 1.82) is 0 Å². The maximum Gasteiger partial charge on any atom is 0.346 e. The summed E-state index contributed by atoms with van der Waals surface area (Å²) in [5, 5.41) is 13.5. The molecular formula is C12H12N2O3S2. The van der Waals surface area contributed by atoms with Crippen LogP contribution in [-0.2, 0) is 6.42 Å². The Bertz CT molecular complexity index is 635. The van der Waals surface area contributed by atoms with Gasteiger partial charge in [0.1, 0.15) is 10.6 Å². The van der Waals surface area contributed by atoms with Gasteiger partial charge in [0.05, 0.1) is 0 Å². The van der Waals surface area contributed by atoms with Gasteiger partial charge in [-0.15, -0.1) is 11.8 Å². The van der Waals surface area contributed by atoms with Gasteiger partial charge in [0.25, 0.3) is 0 Å². The summed E-state index contributed by atoms with van der Waals surface area (Å²) in [5.74, 6) is -0.383. The summed E-state index contributed by atoms with van der Waals surface area (Å²) in [6, 6.07) is 2.03. The molecular weight excluding hydrogens is 284 g/mol. The van der Waals surface area contributed by atoms with E-state index in [1.165, 1.54) is 17.3 Å². The third kappa shape index (κ3) is 3.45. The van der Waals surface area contributed by atoms with Crippen LogP contribution in [0.2, 0.25) is 0 Å². The van der Waals surface area contributed by atoms with Gasteiger partial charge in [-0.3, -0.25) is 0 Å². The second-order valence-corrected chi connectivity index (χ2v) is 5.75. The van der Waals surface area contributed by atoms with Gasteiger partial charge in [-0.05, 0) is 35.7 Å². The van der Waals surface area contributed by atoms with Crippen LogP contribution >= 0.6 is 23.1 Å². The monoisotopic (exact) mass is 296 g/mol. The number of H-pyrrole nitrogens is 1. The molecule has 0 aromatic carbocycles. The van der Waals surface area contributed by atoms with Gasteiger partial charge in [0.2, 0.25) is 0 Å². The molecule has 0 atom stereocenters. The molecule has 2 heterocycles. The smallest absolute Gasteiger partial charge is 0.346 e. The third-order valence-electron chi connectivity index (χ3n) is 2.51. The fourth-order valence-corrected chi connectivity index (χ4v) is 3.38. The average Bonchev–Trinajstić information content (AvgIpc) is 2.80. The fourth-order valence-electron chi connectivity index (χ4n) is 1.62. The highest BCUT2D eigenvalue weighted by atomic mass is 32.2. The lowest BCUT2D eigenvalue weighted by molar-refractivity contribution is 0.0690. The minimum absolute atomic E-state index is 0.0786. The summed E-state index contributed by atoms with van der Waals surface area (Å²) < 4.78 is 0. The lowest BCUT2D eigenvalue weighted by Gasteiger charge is -2.06. The fraction of sp³-hybridized carbons (Fsp3) is 0.250. The summed E-state index contributed by atoms with van der Waals surface area (Å²) in [6.07, 6.45) is 0.820.